The van der Waals surface area contributed by atoms with Crippen molar-refractivity contribution >= 4 is 6.03 Å². The Morgan fingerprint density at radius 2 is 2.07 bits per heavy atom. The molecule has 0 aliphatic carbocycles. The summed E-state index contributed by atoms with van der Waals surface area (Å²) in [6, 6.07) is -0.868. The fourth-order valence-electron chi connectivity index (χ4n) is 1.50. The van der Waals surface area contributed by atoms with Gasteiger partial charge in [0.1, 0.15) is 13.5 Å². The topological polar surface area (TPSA) is 114 Å². The third-order valence-electron chi connectivity index (χ3n) is 2.30. The van der Waals surface area contributed by atoms with Crippen molar-refractivity contribution in [3.8, 4) is 0 Å². The zero-order valence-corrected chi connectivity index (χ0v) is 8.20. The SMILES string of the molecule is COCC1(O)C(O)N(CO)C(=O)N1CO. The summed E-state index contributed by atoms with van der Waals surface area (Å²) in [6.07, 6.45) is -1.65. The van der Waals surface area contributed by atoms with Gasteiger partial charge >= 0.3 is 6.03 Å². The van der Waals surface area contributed by atoms with Gasteiger partial charge in [-0.05, 0) is 0 Å². The first kappa shape index (κ1) is 12.1. The van der Waals surface area contributed by atoms with Gasteiger partial charge in [0.05, 0.1) is 6.61 Å². The van der Waals surface area contributed by atoms with E-state index in [0.717, 1.165) is 0 Å². The lowest BCUT2D eigenvalue weighted by molar-refractivity contribution is -0.199. The first-order valence-electron chi connectivity index (χ1n) is 4.22. The van der Waals surface area contributed by atoms with Gasteiger partial charge in [0.15, 0.2) is 6.23 Å². The number of carbonyl (C=O) groups is 1. The van der Waals surface area contributed by atoms with Gasteiger partial charge in [-0.3, -0.25) is 9.80 Å². The second-order valence-corrected chi connectivity index (χ2v) is 3.15. The monoisotopic (exact) mass is 222 g/mol. The highest BCUT2D eigenvalue weighted by Crippen LogP contribution is 2.28. The molecule has 0 aromatic carbocycles. The summed E-state index contributed by atoms with van der Waals surface area (Å²) in [7, 11) is 1.27. The number of aliphatic hydroxyl groups is 4. The molecule has 8 nitrogen and oxygen atoms in total. The molecule has 0 aromatic heterocycles. The minimum Gasteiger partial charge on any atom is -0.379 e. The maximum atomic E-state index is 11.4. The number of ether oxygens (including phenoxy) is 1. The normalized spacial score (nSPS) is 31.5. The minimum atomic E-state index is -2.05. The fourth-order valence-corrected chi connectivity index (χ4v) is 1.50. The molecule has 0 spiro atoms. The minimum absolute atomic E-state index is 0.378. The number of carbonyl (C=O) groups excluding carboxylic acids is 1. The van der Waals surface area contributed by atoms with Crippen LogP contribution in [-0.2, 0) is 4.74 Å². The Hall–Kier alpha value is -0.930. The smallest absolute Gasteiger partial charge is 0.328 e. The van der Waals surface area contributed by atoms with E-state index < -0.39 is 31.4 Å². The number of urea groups is 1. The second kappa shape index (κ2) is 4.29. The van der Waals surface area contributed by atoms with Gasteiger partial charge in [-0.15, -0.1) is 0 Å². The van der Waals surface area contributed by atoms with Crippen LogP contribution in [0.2, 0.25) is 0 Å². The molecular formula is C7H14N2O6. The molecule has 1 aliphatic heterocycles. The quantitative estimate of drug-likeness (QED) is 0.411. The Labute approximate surface area is 85.9 Å². The highest BCUT2D eigenvalue weighted by Gasteiger charge is 2.56. The fraction of sp³-hybridized carbons (Fsp3) is 0.857. The highest BCUT2D eigenvalue weighted by atomic mass is 16.5. The van der Waals surface area contributed by atoms with Gasteiger partial charge in [-0.2, -0.15) is 0 Å². The van der Waals surface area contributed by atoms with Crippen molar-refractivity contribution in [3.05, 3.63) is 0 Å². The van der Waals surface area contributed by atoms with Gasteiger partial charge in [-0.25, -0.2) is 4.79 Å². The lowest BCUT2D eigenvalue weighted by atomic mass is 10.2. The summed E-state index contributed by atoms with van der Waals surface area (Å²) in [5.41, 5.74) is -2.05. The third-order valence-corrected chi connectivity index (χ3v) is 2.30. The van der Waals surface area contributed by atoms with Gasteiger partial charge in [-0.1, -0.05) is 0 Å². The van der Waals surface area contributed by atoms with Crippen LogP contribution in [0.1, 0.15) is 0 Å². The molecule has 8 heteroatoms. The zero-order chi connectivity index (χ0) is 11.6. The number of nitrogens with zero attached hydrogens (tertiary/aromatic N) is 2. The van der Waals surface area contributed by atoms with Crippen molar-refractivity contribution in [1.82, 2.24) is 9.80 Å². The molecule has 15 heavy (non-hydrogen) atoms. The molecule has 1 fully saturated rings. The summed E-state index contributed by atoms with van der Waals surface area (Å²) >= 11 is 0. The molecule has 2 atom stereocenters. The molecule has 1 heterocycles. The maximum absolute atomic E-state index is 11.4. The average molecular weight is 222 g/mol. The first-order valence-corrected chi connectivity index (χ1v) is 4.22. The molecule has 0 radical (unpaired) electrons. The molecule has 2 unspecified atom stereocenters. The van der Waals surface area contributed by atoms with Crippen LogP contribution in [-0.4, -0.2) is 75.4 Å². The Bertz CT molecular complexity index is 250. The average Bonchev–Trinajstić information content (AvgIpc) is 2.36. The molecule has 1 saturated heterocycles. The lowest BCUT2D eigenvalue weighted by Gasteiger charge is -2.31. The Kier molecular flexibility index (Phi) is 3.47. The first-order chi connectivity index (χ1) is 7.02. The summed E-state index contributed by atoms with van der Waals surface area (Å²) in [5.74, 6) is 0. The molecule has 4 N–H and O–H groups in total. The van der Waals surface area contributed by atoms with E-state index in [1.54, 1.807) is 0 Å². The maximum Gasteiger partial charge on any atom is 0.328 e. The van der Waals surface area contributed by atoms with E-state index in [9.17, 15) is 15.0 Å². The number of hydrogen-bond acceptors (Lipinski definition) is 6. The molecule has 0 aromatic rings. The zero-order valence-electron chi connectivity index (χ0n) is 8.20. The molecule has 0 saturated carbocycles. The molecular weight excluding hydrogens is 208 g/mol. The van der Waals surface area contributed by atoms with E-state index in [1.807, 2.05) is 0 Å². The molecule has 0 bridgehead atoms. The number of amides is 2. The predicted octanol–water partition coefficient (Wildman–Crippen LogP) is -2.72. The van der Waals surface area contributed by atoms with Crippen molar-refractivity contribution < 1.29 is 30.0 Å². The van der Waals surface area contributed by atoms with E-state index >= 15 is 0 Å². The van der Waals surface area contributed by atoms with Gasteiger partial charge in [0.25, 0.3) is 0 Å². The number of hydrogen-bond donors (Lipinski definition) is 4. The van der Waals surface area contributed by atoms with E-state index in [1.165, 1.54) is 7.11 Å². The predicted molar refractivity (Wildman–Crippen MR) is 46.1 cm³/mol. The third kappa shape index (κ3) is 1.66. The largest absolute Gasteiger partial charge is 0.379 e. The second-order valence-electron chi connectivity index (χ2n) is 3.15. The van der Waals surface area contributed by atoms with Crippen LogP contribution in [0.3, 0.4) is 0 Å². The van der Waals surface area contributed by atoms with Gasteiger partial charge in [0.2, 0.25) is 5.72 Å². The van der Waals surface area contributed by atoms with Crippen LogP contribution in [0.15, 0.2) is 0 Å². The summed E-state index contributed by atoms with van der Waals surface area (Å²) < 4.78 is 4.65. The van der Waals surface area contributed by atoms with Crippen LogP contribution in [0.25, 0.3) is 0 Å². The lowest BCUT2D eigenvalue weighted by Crippen LogP contribution is -2.55. The van der Waals surface area contributed by atoms with Crippen LogP contribution in [0.4, 0.5) is 4.79 Å². The Morgan fingerprint density at radius 1 is 1.47 bits per heavy atom. The number of aliphatic hydroxyl groups excluding tert-OH is 3. The van der Waals surface area contributed by atoms with Crippen LogP contribution < -0.4 is 0 Å². The standard InChI is InChI=1S/C7H14N2O6/c1-15-2-7(14)5(12)8(3-10)6(13)9(7)4-11/h5,10-12,14H,2-4H2,1H3. The van der Waals surface area contributed by atoms with Gasteiger partial charge in [0, 0.05) is 7.11 Å². The van der Waals surface area contributed by atoms with E-state index in [2.05, 4.69) is 4.74 Å². The highest BCUT2D eigenvalue weighted by molar-refractivity contribution is 5.78. The van der Waals surface area contributed by atoms with Crippen LogP contribution >= 0.6 is 0 Å². The van der Waals surface area contributed by atoms with Crippen LogP contribution in [0, 0.1) is 0 Å². The number of rotatable bonds is 4. The molecule has 88 valence electrons. The Balaban J connectivity index is 2.99. The van der Waals surface area contributed by atoms with Crippen molar-refractivity contribution in [2.75, 3.05) is 27.2 Å². The van der Waals surface area contributed by atoms with Gasteiger partial charge < -0.3 is 25.2 Å². The van der Waals surface area contributed by atoms with E-state index in [4.69, 9.17) is 10.2 Å². The Morgan fingerprint density at radius 3 is 2.47 bits per heavy atom. The van der Waals surface area contributed by atoms with Crippen molar-refractivity contribution in [3.63, 3.8) is 0 Å². The molecule has 1 rings (SSSR count). The van der Waals surface area contributed by atoms with E-state index in [-0.39, 0.29) is 6.61 Å². The summed E-state index contributed by atoms with van der Waals surface area (Å²) in [5, 5.41) is 37.2. The number of methoxy groups -OCH3 is 1. The summed E-state index contributed by atoms with van der Waals surface area (Å²) in [6.45, 7) is -1.92. The van der Waals surface area contributed by atoms with Crippen molar-refractivity contribution in [2.24, 2.45) is 0 Å². The van der Waals surface area contributed by atoms with Crippen LogP contribution in [0.5, 0.6) is 0 Å². The van der Waals surface area contributed by atoms with Crippen molar-refractivity contribution in [2.45, 2.75) is 12.0 Å². The van der Waals surface area contributed by atoms with E-state index in [0.29, 0.717) is 9.80 Å². The van der Waals surface area contributed by atoms with Crippen molar-refractivity contribution in [1.29, 1.82) is 0 Å². The summed E-state index contributed by atoms with van der Waals surface area (Å²) in [4.78, 5) is 12.6. The molecule has 1 aliphatic rings. The molecule has 2 amide bonds.